The Labute approximate surface area is 163 Å². The number of hydrogen-bond acceptors (Lipinski definition) is 5. The maximum absolute atomic E-state index is 11.4. The van der Waals surface area contributed by atoms with Gasteiger partial charge >= 0.3 is 0 Å². The number of ether oxygens (including phenoxy) is 1. The lowest BCUT2D eigenvalue weighted by molar-refractivity contribution is -0.115. The van der Waals surface area contributed by atoms with Gasteiger partial charge in [0.05, 0.1) is 18.0 Å². The molecule has 0 aliphatic carbocycles. The molecular weight excluding hydrogens is 360 g/mol. The van der Waals surface area contributed by atoms with Crippen molar-refractivity contribution in [3.8, 4) is 5.75 Å². The molecule has 0 aromatic heterocycles. The number of aliphatic imine (C=N–C) groups is 1. The van der Waals surface area contributed by atoms with Crippen LogP contribution in [-0.4, -0.2) is 29.1 Å². The molecule has 2 aromatic rings. The van der Waals surface area contributed by atoms with E-state index >= 15 is 0 Å². The fraction of sp³-hybridized carbons (Fsp3) is 0.250. The van der Waals surface area contributed by atoms with Crippen LogP contribution in [0.15, 0.2) is 58.6 Å². The van der Waals surface area contributed by atoms with Crippen molar-refractivity contribution in [2.24, 2.45) is 10.1 Å². The molecule has 2 N–H and O–H groups in total. The van der Waals surface area contributed by atoms with Gasteiger partial charge in [-0.3, -0.25) is 10.2 Å². The van der Waals surface area contributed by atoms with Crippen molar-refractivity contribution < 1.29 is 9.53 Å². The van der Waals surface area contributed by atoms with Crippen molar-refractivity contribution in [1.82, 2.24) is 5.43 Å². The first-order chi connectivity index (χ1) is 13.2. The van der Waals surface area contributed by atoms with E-state index in [1.165, 1.54) is 0 Å². The summed E-state index contributed by atoms with van der Waals surface area (Å²) in [5.41, 5.74) is 6.62. The smallest absolute Gasteiger partial charge is 0.224 e. The summed E-state index contributed by atoms with van der Waals surface area (Å²) in [5.74, 6) is 1.57. The Bertz CT molecular complexity index is 845. The Morgan fingerprint density at radius 1 is 1.19 bits per heavy atom. The van der Waals surface area contributed by atoms with Crippen LogP contribution in [0.2, 0.25) is 0 Å². The van der Waals surface area contributed by atoms with Crippen LogP contribution < -0.4 is 15.5 Å². The van der Waals surface area contributed by atoms with E-state index in [0.29, 0.717) is 13.0 Å². The van der Waals surface area contributed by atoms with Crippen molar-refractivity contribution >= 4 is 39.9 Å². The second-order valence-electron chi connectivity index (χ2n) is 5.78. The molecule has 1 aliphatic rings. The van der Waals surface area contributed by atoms with E-state index < -0.39 is 0 Å². The van der Waals surface area contributed by atoms with Crippen molar-refractivity contribution in [3.05, 3.63) is 54.1 Å². The molecule has 27 heavy (non-hydrogen) atoms. The number of anilines is 1. The molecule has 140 valence electrons. The molecule has 6 nitrogen and oxygen atoms in total. The highest BCUT2D eigenvalue weighted by Gasteiger charge is 2.13. The first kappa shape index (κ1) is 19.0. The Kier molecular flexibility index (Phi) is 6.49. The predicted octanol–water partition coefficient (Wildman–Crippen LogP) is 4.16. The topological polar surface area (TPSA) is 75.1 Å². The van der Waals surface area contributed by atoms with Gasteiger partial charge in [0, 0.05) is 17.9 Å². The molecule has 0 unspecified atom stereocenters. The third-order valence-electron chi connectivity index (χ3n) is 3.83. The first-order valence-electron chi connectivity index (χ1n) is 8.85. The number of nitrogens with one attached hydrogen (secondary N) is 2. The minimum absolute atomic E-state index is 0.00474. The summed E-state index contributed by atoms with van der Waals surface area (Å²) >= 11 is 1.60. The minimum atomic E-state index is 0.00474. The standard InChI is InChI=1S/C20H22N4O2S/c1-3-19(25)21-15-7-5-14(6-8-15)18-13-27-20(24-23-18)22-16-9-11-17(12-10-16)26-4-2/h5-12H,3-4,13H2,1-2H3,(H,21,25)(H,22,24). The van der Waals surface area contributed by atoms with Crippen LogP contribution in [0.4, 0.5) is 11.4 Å². The van der Waals surface area contributed by atoms with Crippen LogP contribution in [0.1, 0.15) is 25.8 Å². The Hall–Kier alpha value is -2.80. The Morgan fingerprint density at radius 3 is 2.52 bits per heavy atom. The molecular formula is C20H22N4O2S. The van der Waals surface area contributed by atoms with E-state index in [-0.39, 0.29) is 5.91 Å². The lowest BCUT2D eigenvalue weighted by Crippen LogP contribution is -2.25. The average molecular weight is 382 g/mol. The minimum Gasteiger partial charge on any atom is -0.494 e. The van der Waals surface area contributed by atoms with Crippen LogP contribution in [0.25, 0.3) is 0 Å². The quantitative estimate of drug-likeness (QED) is 0.787. The molecule has 1 aliphatic heterocycles. The van der Waals surface area contributed by atoms with Crippen LogP contribution in [0, 0.1) is 0 Å². The maximum atomic E-state index is 11.4. The SMILES string of the molecule is CCOc1ccc(N=C2NN=C(c3ccc(NC(=O)CC)cc3)CS2)cc1. The van der Waals surface area contributed by atoms with Crippen molar-refractivity contribution in [1.29, 1.82) is 0 Å². The highest BCUT2D eigenvalue weighted by molar-refractivity contribution is 8.14. The molecule has 0 bridgehead atoms. The third-order valence-corrected chi connectivity index (χ3v) is 4.71. The number of benzene rings is 2. The number of amidine groups is 1. The van der Waals surface area contributed by atoms with E-state index in [4.69, 9.17) is 4.74 Å². The van der Waals surface area contributed by atoms with Gasteiger partial charge in [-0.25, -0.2) is 4.99 Å². The number of nitrogens with zero attached hydrogens (tertiary/aromatic N) is 2. The number of rotatable bonds is 6. The van der Waals surface area contributed by atoms with Gasteiger partial charge in [0.25, 0.3) is 0 Å². The van der Waals surface area contributed by atoms with Gasteiger partial charge < -0.3 is 10.1 Å². The van der Waals surface area contributed by atoms with E-state index in [2.05, 4.69) is 20.8 Å². The van der Waals surface area contributed by atoms with Gasteiger partial charge in [0.15, 0.2) is 5.17 Å². The zero-order chi connectivity index (χ0) is 19.1. The highest BCUT2D eigenvalue weighted by atomic mass is 32.2. The molecule has 3 rings (SSSR count). The van der Waals surface area contributed by atoms with Gasteiger partial charge in [-0.05, 0) is 48.9 Å². The number of carbonyl (C=O) groups is 1. The van der Waals surface area contributed by atoms with Gasteiger partial charge in [-0.15, -0.1) is 0 Å². The maximum Gasteiger partial charge on any atom is 0.224 e. The average Bonchev–Trinajstić information content (AvgIpc) is 2.71. The van der Waals surface area contributed by atoms with E-state index in [1.54, 1.807) is 11.8 Å². The number of carbonyl (C=O) groups excluding carboxylic acids is 1. The fourth-order valence-corrected chi connectivity index (χ4v) is 3.20. The normalized spacial score (nSPS) is 15.0. The monoisotopic (exact) mass is 382 g/mol. The summed E-state index contributed by atoms with van der Waals surface area (Å²) in [4.78, 5) is 16.0. The zero-order valence-electron chi connectivity index (χ0n) is 15.4. The van der Waals surface area contributed by atoms with Crippen molar-refractivity contribution in [2.45, 2.75) is 20.3 Å². The summed E-state index contributed by atoms with van der Waals surface area (Å²) in [6.45, 7) is 4.44. The third kappa shape index (κ3) is 5.34. The number of thioether (sulfide) groups is 1. The second kappa shape index (κ2) is 9.23. The summed E-state index contributed by atoms with van der Waals surface area (Å²) < 4.78 is 5.44. The summed E-state index contributed by atoms with van der Waals surface area (Å²) in [5, 5.41) is 8.03. The zero-order valence-corrected chi connectivity index (χ0v) is 16.2. The van der Waals surface area contributed by atoms with Gasteiger partial charge in [-0.1, -0.05) is 30.8 Å². The summed E-state index contributed by atoms with van der Waals surface area (Å²) in [6, 6.07) is 15.3. The van der Waals surface area contributed by atoms with E-state index in [1.807, 2.05) is 62.4 Å². The summed E-state index contributed by atoms with van der Waals surface area (Å²) in [6.07, 6.45) is 0.464. The summed E-state index contributed by atoms with van der Waals surface area (Å²) in [7, 11) is 0. The molecule has 0 fully saturated rings. The number of amides is 1. The molecule has 0 saturated carbocycles. The second-order valence-corrected chi connectivity index (χ2v) is 6.75. The van der Waals surface area contributed by atoms with Crippen molar-refractivity contribution in [3.63, 3.8) is 0 Å². The van der Waals surface area contributed by atoms with E-state index in [0.717, 1.165) is 39.3 Å². The van der Waals surface area contributed by atoms with Crippen molar-refractivity contribution in [2.75, 3.05) is 17.7 Å². The van der Waals surface area contributed by atoms with E-state index in [9.17, 15) is 4.79 Å². The highest BCUT2D eigenvalue weighted by Crippen LogP contribution is 2.22. The van der Waals surface area contributed by atoms with Crippen LogP contribution in [0.5, 0.6) is 5.75 Å². The van der Waals surface area contributed by atoms with Gasteiger partial charge in [0.2, 0.25) is 5.91 Å². The molecule has 0 atom stereocenters. The predicted molar refractivity (Wildman–Crippen MR) is 112 cm³/mol. The lowest BCUT2D eigenvalue weighted by atomic mass is 10.1. The molecule has 1 heterocycles. The molecule has 2 aromatic carbocycles. The molecule has 0 radical (unpaired) electrons. The van der Waals surface area contributed by atoms with Crippen LogP contribution >= 0.6 is 11.8 Å². The van der Waals surface area contributed by atoms with Gasteiger partial charge in [-0.2, -0.15) is 5.10 Å². The number of hydrogen-bond donors (Lipinski definition) is 2. The molecule has 1 amide bonds. The molecule has 0 saturated heterocycles. The van der Waals surface area contributed by atoms with Crippen LogP contribution in [0.3, 0.4) is 0 Å². The lowest BCUT2D eigenvalue weighted by Gasteiger charge is -2.15. The fourth-order valence-electron chi connectivity index (χ4n) is 2.42. The van der Waals surface area contributed by atoms with Gasteiger partial charge in [0.1, 0.15) is 5.75 Å². The Balaban J connectivity index is 1.63. The number of hydrazone groups is 1. The Morgan fingerprint density at radius 2 is 1.93 bits per heavy atom. The molecule has 0 spiro atoms. The largest absolute Gasteiger partial charge is 0.494 e. The van der Waals surface area contributed by atoms with Crippen LogP contribution in [-0.2, 0) is 4.79 Å². The molecule has 7 heteroatoms. The first-order valence-corrected chi connectivity index (χ1v) is 9.83.